The molecule has 1 aromatic carbocycles. The Morgan fingerprint density at radius 2 is 2.07 bits per heavy atom. The highest BCUT2D eigenvalue weighted by Crippen LogP contribution is 2.41. The van der Waals surface area contributed by atoms with Gasteiger partial charge in [0.05, 0.1) is 17.5 Å². The molecule has 0 saturated carbocycles. The van der Waals surface area contributed by atoms with Crippen molar-refractivity contribution in [2.45, 2.75) is 16.2 Å². The molecule has 1 aromatic rings. The number of rotatable bonds is 0. The van der Waals surface area contributed by atoms with Gasteiger partial charge in [-0.05, 0) is 12.1 Å². The Morgan fingerprint density at radius 1 is 1.27 bits per heavy atom. The van der Waals surface area contributed by atoms with Crippen molar-refractivity contribution in [3.05, 3.63) is 24.3 Å². The van der Waals surface area contributed by atoms with Crippen LogP contribution in [-0.4, -0.2) is 31.2 Å². The normalized spacial score (nSPS) is 31.5. The zero-order valence-corrected chi connectivity index (χ0v) is 9.64. The molecule has 0 aliphatic carbocycles. The van der Waals surface area contributed by atoms with Gasteiger partial charge < -0.3 is 5.32 Å². The van der Waals surface area contributed by atoms with Gasteiger partial charge in [-0.1, -0.05) is 12.1 Å². The number of para-hydroxylation sites is 1. The monoisotopic (exact) mass is 241 g/mol. The fraction of sp³-hybridized carbons (Fsp3) is 0.400. The van der Waals surface area contributed by atoms with E-state index in [-0.39, 0.29) is 17.0 Å². The summed E-state index contributed by atoms with van der Waals surface area (Å²) in [5, 5.41) is 3.50. The molecule has 80 valence electrons. The molecule has 5 heteroatoms. The van der Waals surface area contributed by atoms with E-state index in [1.54, 1.807) is 11.8 Å². The average molecular weight is 241 g/mol. The first-order valence-corrected chi connectivity index (χ1v) is 7.57. The van der Waals surface area contributed by atoms with Crippen LogP contribution in [0.15, 0.2) is 29.2 Å². The summed E-state index contributed by atoms with van der Waals surface area (Å²) in [4.78, 5) is 1.16. The van der Waals surface area contributed by atoms with Crippen LogP contribution in [-0.2, 0) is 9.84 Å². The minimum atomic E-state index is -2.83. The summed E-state index contributed by atoms with van der Waals surface area (Å²) in [5.41, 5.74) is 1.07. The second kappa shape index (κ2) is 3.15. The SMILES string of the molecule is O=S1(=O)C[C@H]2Nc3ccccc3S[C@@H]2C1. The van der Waals surface area contributed by atoms with Crippen molar-refractivity contribution in [2.75, 3.05) is 16.8 Å². The molecule has 3 nitrogen and oxygen atoms in total. The molecule has 15 heavy (non-hydrogen) atoms. The highest BCUT2D eigenvalue weighted by molar-refractivity contribution is 8.02. The van der Waals surface area contributed by atoms with Crippen LogP contribution in [0.25, 0.3) is 0 Å². The zero-order chi connectivity index (χ0) is 10.5. The molecule has 2 aliphatic heterocycles. The molecule has 1 N–H and O–H groups in total. The maximum Gasteiger partial charge on any atom is 0.153 e. The maximum atomic E-state index is 11.5. The summed E-state index contributed by atoms with van der Waals surface area (Å²) in [6.07, 6.45) is 0. The van der Waals surface area contributed by atoms with Gasteiger partial charge in [-0.3, -0.25) is 0 Å². The van der Waals surface area contributed by atoms with Crippen LogP contribution in [0.4, 0.5) is 5.69 Å². The quantitative estimate of drug-likeness (QED) is 0.745. The third-order valence-electron chi connectivity index (χ3n) is 2.81. The van der Waals surface area contributed by atoms with E-state index in [1.165, 1.54) is 0 Å². The van der Waals surface area contributed by atoms with Crippen LogP contribution in [0.3, 0.4) is 0 Å². The van der Waals surface area contributed by atoms with E-state index in [0.717, 1.165) is 10.6 Å². The lowest BCUT2D eigenvalue weighted by atomic mass is 10.2. The largest absolute Gasteiger partial charge is 0.379 e. The summed E-state index contributed by atoms with van der Waals surface area (Å²) >= 11 is 1.69. The Kier molecular flexibility index (Phi) is 2.01. The predicted molar refractivity (Wildman–Crippen MR) is 62.2 cm³/mol. The van der Waals surface area contributed by atoms with E-state index < -0.39 is 9.84 Å². The molecule has 0 radical (unpaired) electrons. The fourth-order valence-electron chi connectivity index (χ4n) is 2.12. The molecular weight excluding hydrogens is 230 g/mol. The molecule has 0 spiro atoms. The van der Waals surface area contributed by atoms with Gasteiger partial charge in [0.25, 0.3) is 0 Å². The van der Waals surface area contributed by atoms with Crippen LogP contribution >= 0.6 is 11.8 Å². The standard InChI is InChI=1S/C10H11NO2S2/c12-15(13)5-8-10(6-15)14-9-4-2-1-3-7(9)11-8/h1-4,8,10-11H,5-6H2/t8-,10-/m1/s1. The number of sulfone groups is 1. The Bertz CT molecular complexity index is 459. The predicted octanol–water partition coefficient (Wildman–Crippen LogP) is 1.37. The van der Waals surface area contributed by atoms with E-state index in [0.29, 0.717) is 5.75 Å². The second-order valence-electron chi connectivity index (χ2n) is 3.98. The van der Waals surface area contributed by atoms with Crippen molar-refractivity contribution in [1.29, 1.82) is 0 Å². The number of fused-ring (bicyclic) bond motifs is 2. The summed E-state index contributed by atoms with van der Waals surface area (Å²) in [7, 11) is -2.83. The van der Waals surface area contributed by atoms with Crippen molar-refractivity contribution in [2.24, 2.45) is 0 Å². The van der Waals surface area contributed by atoms with E-state index in [2.05, 4.69) is 5.32 Å². The lowest BCUT2D eigenvalue weighted by molar-refractivity contribution is 0.602. The third kappa shape index (κ3) is 1.63. The van der Waals surface area contributed by atoms with Gasteiger partial charge in [0.15, 0.2) is 9.84 Å². The molecule has 0 aromatic heterocycles. The number of benzene rings is 1. The summed E-state index contributed by atoms with van der Waals surface area (Å²) in [6.45, 7) is 0. The maximum absolute atomic E-state index is 11.5. The average Bonchev–Trinajstić information content (AvgIpc) is 2.46. The Hall–Kier alpha value is -0.680. The van der Waals surface area contributed by atoms with Crippen molar-refractivity contribution < 1.29 is 8.42 Å². The zero-order valence-electron chi connectivity index (χ0n) is 8.01. The van der Waals surface area contributed by atoms with Crippen molar-refractivity contribution in [3.63, 3.8) is 0 Å². The molecule has 2 aliphatic rings. The number of nitrogens with one attached hydrogen (secondary N) is 1. The van der Waals surface area contributed by atoms with Crippen LogP contribution in [0.5, 0.6) is 0 Å². The Labute approximate surface area is 93.2 Å². The highest BCUT2D eigenvalue weighted by Gasteiger charge is 2.40. The molecule has 0 amide bonds. The summed E-state index contributed by atoms with van der Waals surface area (Å²) in [5.74, 6) is 0.586. The molecule has 0 bridgehead atoms. The van der Waals surface area contributed by atoms with Gasteiger partial charge in [-0.25, -0.2) is 8.42 Å². The van der Waals surface area contributed by atoms with Gasteiger partial charge in [-0.15, -0.1) is 11.8 Å². The van der Waals surface area contributed by atoms with E-state index >= 15 is 0 Å². The number of thioether (sulfide) groups is 1. The van der Waals surface area contributed by atoms with Gasteiger partial charge >= 0.3 is 0 Å². The van der Waals surface area contributed by atoms with Crippen molar-refractivity contribution in [3.8, 4) is 0 Å². The van der Waals surface area contributed by atoms with Gasteiger partial charge in [-0.2, -0.15) is 0 Å². The third-order valence-corrected chi connectivity index (χ3v) is 6.16. The van der Waals surface area contributed by atoms with Gasteiger partial charge in [0.1, 0.15) is 0 Å². The molecule has 0 unspecified atom stereocenters. The number of anilines is 1. The van der Waals surface area contributed by atoms with Crippen LogP contribution in [0, 0.1) is 0 Å². The minimum Gasteiger partial charge on any atom is -0.379 e. The molecule has 2 atom stereocenters. The first-order chi connectivity index (χ1) is 7.14. The molecule has 3 rings (SSSR count). The molecule has 2 heterocycles. The van der Waals surface area contributed by atoms with Crippen LogP contribution in [0.1, 0.15) is 0 Å². The van der Waals surface area contributed by atoms with E-state index in [4.69, 9.17) is 0 Å². The second-order valence-corrected chi connectivity index (χ2v) is 7.42. The van der Waals surface area contributed by atoms with Crippen molar-refractivity contribution >= 4 is 27.3 Å². The summed E-state index contributed by atoms with van der Waals surface area (Å²) in [6, 6.07) is 8.08. The summed E-state index contributed by atoms with van der Waals surface area (Å²) < 4.78 is 23.0. The first-order valence-electron chi connectivity index (χ1n) is 4.87. The lowest BCUT2D eigenvalue weighted by Gasteiger charge is -2.27. The topological polar surface area (TPSA) is 46.2 Å². The first kappa shape index (κ1) is 9.54. The Balaban J connectivity index is 1.97. The van der Waals surface area contributed by atoms with Crippen LogP contribution < -0.4 is 5.32 Å². The van der Waals surface area contributed by atoms with Crippen molar-refractivity contribution in [1.82, 2.24) is 0 Å². The smallest absolute Gasteiger partial charge is 0.153 e. The highest BCUT2D eigenvalue weighted by atomic mass is 32.2. The van der Waals surface area contributed by atoms with E-state index in [1.807, 2.05) is 24.3 Å². The van der Waals surface area contributed by atoms with Gasteiger partial charge in [0, 0.05) is 15.8 Å². The minimum absolute atomic E-state index is 0.0925. The molecule has 1 fully saturated rings. The van der Waals surface area contributed by atoms with Gasteiger partial charge in [0.2, 0.25) is 0 Å². The van der Waals surface area contributed by atoms with E-state index in [9.17, 15) is 8.42 Å². The van der Waals surface area contributed by atoms with Crippen LogP contribution in [0.2, 0.25) is 0 Å². The Morgan fingerprint density at radius 3 is 2.93 bits per heavy atom. The fourth-order valence-corrected chi connectivity index (χ4v) is 5.93. The molecular formula is C10H11NO2S2. The number of hydrogen-bond donors (Lipinski definition) is 1. The molecule has 1 saturated heterocycles. The lowest BCUT2D eigenvalue weighted by Crippen LogP contribution is -2.33. The number of hydrogen-bond acceptors (Lipinski definition) is 4.